The van der Waals surface area contributed by atoms with Crippen molar-refractivity contribution >= 4 is 17.7 Å². The van der Waals surface area contributed by atoms with Crippen LogP contribution < -0.4 is 0 Å². The number of imide groups is 1. The van der Waals surface area contributed by atoms with Crippen LogP contribution in [0, 0.1) is 0 Å². The highest BCUT2D eigenvalue weighted by Gasteiger charge is 2.35. The van der Waals surface area contributed by atoms with Crippen molar-refractivity contribution in [3.63, 3.8) is 0 Å². The van der Waals surface area contributed by atoms with Crippen molar-refractivity contribution in [1.29, 1.82) is 0 Å². The van der Waals surface area contributed by atoms with E-state index in [4.69, 9.17) is 0 Å². The van der Waals surface area contributed by atoms with Crippen molar-refractivity contribution in [2.45, 2.75) is 44.6 Å². The SMILES string of the molecule is O=C(CCCN1C(=O)c2ccccc2C1=O)N1CCN(C2CCCC2)CC1. The van der Waals surface area contributed by atoms with E-state index in [0.29, 0.717) is 30.5 Å². The van der Waals surface area contributed by atoms with Crippen LogP contribution in [0.15, 0.2) is 24.3 Å². The number of carbonyl (C=O) groups excluding carboxylic acids is 3. The molecule has 0 atom stereocenters. The number of hydrogen-bond donors (Lipinski definition) is 0. The van der Waals surface area contributed by atoms with Gasteiger partial charge in [0.05, 0.1) is 11.1 Å². The second kappa shape index (κ2) is 7.80. The van der Waals surface area contributed by atoms with Gasteiger partial charge in [0.25, 0.3) is 11.8 Å². The summed E-state index contributed by atoms with van der Waals surface area (Å²) in [6.07, 6.45) is 6.18. The molecule has 2 heterocycles. The van der Waals surface area contributed by atoms with Crippen molar-refractivity contribution in [2.24, 2.45) is 0 Å². The molecule has 0 unspecified atom stereocenters. The van der Waals surface area contributed by atoms with Crippen LogP contribution in [-0.4, -0.2) is 71.2 Å². The van der Waals surface area contributed by atoms with Crippen LogP contribution in [0.25, 0.3) is 0 Å². The number of nitrogens with zero attached hydrogens (tertiary/aromatic N) is 3. The van der Waals surface area contributed by atoms with E-state index in [1.54, 1.807) is 24.3 Å². The molecule has 6 nitrogen and oxygen atoms in total. The number of amides is 3. The third kappa shape index (κ3) is 3.63. The Bertz CT molecular complexity index is 699. The van der Waals surface area contributed by atoms with Crippen molar-refractivity contribution in [3.8, 4) is 0 Å². The maximum Gasteiger partial charge on any atom is 0.261 e. The number of fused-ring (bicyclic) bond motifs is 1. The first-order valence-electron chi connectivity index (χ1n) is 10.1. The molecule has 27 heavy (non-hydrogen) atoms. The molecule has 2 aliphatic heterocycles. The fraction of sp³-hybridized carbons (Fsp3) is 0.571. The van der Waals surface area contributed by atoms with Crippen LogP contribution >= 0.6 is 0 Å². The van der Waals surface area contributed by atoms with Gasteiger partial charge in [-0.15, -0.1) is 0 Å². The smallest absolute Gasteiger partial charge is 0.261 e. The monoisotopic (exact) mass is 369 g/mol. The summed E-state index contributed by atoms with van der Waals surface area (Å²) in [5, 5.41) is 0. The quantitative estimate of drug-likeness (QED) is 0.746. The molecule has 1 aliphatic carbocycles. The zero-order valence-electron chi connectivity index (χ0n) is 15.7. The van der Waals surface area contributed by atoms with E-state index in [2.05, 4.69) is 4.90 Å². The number of rotatable bonds is 5. The van der Waals surface area contributed by atoms with Crippen LogP contribution in [-0.2, 0) is 4.79 Å². The first-order valence-corrected chi connectivity index (χ1v) is 10.1. The number of hydrogen-bond acceptors (Lipinski definition) is 4. The van der Waals surface area contributed by atoms with E-state index < -0.39 is 0 Å². The minimum absolute atomic E-state index is 0.137. The summed E-state index contributed by atoms with van der Waals surface area (Å²) in [5.41, 5.74) is 0.939. The van der Waals surface area contributed by atoms with E-state index >= 15 is 0 Å². The average molecular weight is 369 g/mol. The predicted molar refractivity (Wildman–Crippen MR) is 101 cm³/mol. The van der Waals surface area contributed by atoms with Gasteiger partial charge in [-0.1, -0.05) is 25.0 Å². The second-order valence-electron chi connectivity index (χ2n) is 7.77. The summed E-state index contributed by atoms with van der Waals surface area (Å²) in [4.78, 5) is 43.0. The fourth-order valence-electron chi connectivity index (χ4n) is 4.59. The molecular formula is C21H27N3O3. The lowest BCUT2D eigenvalue weighted by Crippen LogP contribution is -2.51. The van der Waals surface area contributed by atoms with Crippen molar-refractivity contribution in [3.05, 3.63) is 35.4 Å². The lowest BCUT2D eigenvalue weighted by molar-refractivity contribution is -0.133. The lowest BCUT2D eigenvalue weighted by Gasteiger charge is -2.38. The Morgan fingerprint density at radius 2 is 1.52 bits per heavy atom. The second-order valence-corrected chi connectivity index (χ2v) is 7.77. The van der Waals surface area contributed by atoms with Crippen molar-refractivity contribution < 1.29 is 14.4 Å². The molecule has 0 radical (unpaired) electrons. The zero-order valence-corrected chi connectivity index (χ0v) is 15.7. The van der Waals surface area contributed by atoms with Gasteiger partial charge in [-0.05, 0) is 31.4 Å². The highest BCUT2D eigenvalue weighted by atomic mass is 16.2. The Hall–Kier alpha value is -2.21. The number of benzene rings is 1. The minimum atomic E-state index is -0.242. The highest BCUT2D eigenvalue weighted by molar-refractivity contribution is 6.21. The third-order valence-corrected chi connectivity index (χ3v) is 6.16. The first-order chi connectivity index (χ1) is 13.1. The summed E-state index contributed by atoms with van der Waals surface area (Å²) in [6.45, 7) is 3.83. The third-order valence-electron chi connectivity index (χ3n) is 6.16. The summed E-state index contributed by atoms with van der Waals surface area (Å²) in [6, 6.07) is 7.62. The fourth-order valence-corrected chi connectivity index (χ4v) is 4.59. The molecule has 6 heteroatoms. The lowest BCUT2D eigenvalue weighted by atomic mass is 10.1. The minimum Gasteiger partial charge on any atom is -0.340 e. The molecule has 1 aromatic carbocycles. The molecule has 3 aliphatic rings. The zero-order chi connectivity index (χ0) is 18.8. The average Bonchev–Trinajstić information content (AvgIpc) is 3.32. The van der Waals surface area contributed by atoms with Crippen LogP contribution in [0.2, 0.25) is 0 Å². The molecule has 4 rings (SSSR count). The van der Waals surface area contributed by atoms with Crippen molar-refractivity contribution in [1.82, 2.24) is 14.7 Å². The van der Waals surface area contributed by atoms with E-state index in [1.165, 1.54) is 30.6 Å². The number of carbonyl (C=O) groups is 3. The topological polar surface area (TPSA) is 60.9 Å². The molecule has 0 spiro atoms. The molecule has 144 valence electrons. The molecule has 1 saturated heterocycles. The van der Waals surface area contributed by atoms with E-state index in [1.807, 2.05) is 4.90 Å². The number of piperazine rings is 1. The molecular weight excluding hydrogens is 342 g/mol. The molecule has 0 N–H and O–H groups in total. The van der Waals surface area contributed by atoms with E-state index in [0.717, 1.165) is 32.2 Å². The molecule has 1 aromatic rings. The maximum absolute atomic E-state index is 12.5. The van der Waals surface area contributed by atoms with Crippen LogP contribution in [0.5, 0.6) is 0 Å². The van der Waals surface area contributed by atoms with Gasteiger partial charge in [0, 0.05) is 45.2 Å². The Kier molecular flexibility index (Phi) is 5.25. The Balaban J connectivity index is 1.23. The van der Waals surface area contributed by atoms with Gasteiger partial charge in [0.15, 0.2) is 0 Å². The molecule has 2 fully saturated rings. The van der Waals surface area contributed by atoms with Gasteiger partial charge in [-0.3, -0.25) is 24.2 Å². The van der Waals surface area contributed by atoms with Crippen molar-refractivity contribution in [2.75, 3.05) is 32.7 Å². The van der Waals surface area contributed by atoms with Crippen LogP contribution in [0.4, 0.5) is 0 Å². The van der Waals surface area contributed by atoms with Gasteiger partial charge in [-0.25, -0.2) is 0 Å². The maximum atomic E-state index is 12.5. The largest absolute Gasteiger partial charge is 0.340 e. The van der Waals surface area contributed by atoms with E-state index in [-0.39, 0.29) is 17.7 Å². The van der Waals surface area contributed by atoms with E-state index in [9.17, 15) is 14.4 Å². The Morgan fingerprint density at radius 1 is 0.926 bits per heavy atom. The van der Waals surface area contributed by atoms with Gasteiger partial charge in [0.2, 0.25) is 5.91 Å². The molecule has 1 saturated carbocycles. The summed E-state index contributed by atoms with van der Waals surface area (Å²) < 4.78 is 0. The molecule has 3 amide bonds. The van der Waals surface area contributed by atoms with Gasteiger partial charge >= 0.3 is 0 Å². The summed E-state index contributed by atoms with van der Waals surface area (Å²) in [5.74, 6) is -0.348. The first kappa shape index (κ1) is 18.2. The standard InChI is InChI=1S/C21H27N3O3/c25-19(23-14-12-22(13-15-23)16-6-1-2-7-16)10-5-11-24-20(26)17-8-3-4-9-18(17)21(24)27/h3-4,8-9,16H,1-2,5-7,10-15H2. The normalized spacial score (nSPS) is 21.2. The predicted octanol–water partition coefficient (Wildman–Crippen LogP) is 2.15. The van der Waals surface area contributed by atoms with Gasteiger partial charge in [-0.2, -0.15) is 0 Å². The summed E-state index contributed by atoms with van der Waals surface area (Å²) in [7, 11) is 0. The van der Waals surface area contributed by atoms with Gasteiger partial charge in [0.1, 0.15) is 0 Å². The highest BCUT2D eigenvalue weighted by Crippen LogP contribution is 2.25. The summed E-state index contributed by atoms with van der Waals surface area (Å²) >= 11 is 0. The van der Waals surface area contributed by atoms with Crippen LogP contribution in [0.3, 0.4) is 0 Å². The van der Waals surface area contributed by atoms with Gasteiger partial charge < -0.3 is 4.90 Å². The molecule has 0 aromatic heterocycles. The Morgan fingerprint density at radius 3 is 2.11 bits per heavy atom. The molecule has 0 bridgehead atoms. The Labute approximate surface area is 160 Å². The van der Waals surface area contributed by atoms with Crippen LogP contribution in [0.1, 0.15) is 59.2 Å².